The molecule has 2 aromatic carbocycles. The Morgan fingerprint density at radius 1 is 1.04 bits per heavy atom. The molecule has 1 aliphatic heterocycles. The van der Waals surface area contributed by atoms with E-state index >= 15 is 0 Å². The van der Waals surface area contributed by atoms with Crippen LogP contribution in [-0.4, -0.2) is 25.1 Å². The Kier molecular flexibility index (Phi) is 4.61. The number of pyridine rings is 1. The monoisotopic (exact) mass is 375 g/mol. The van der Waals surface area contributed by atoms with Gasteiger partial charge in [-0.3, -0.25) is 14.7 Å². The molecule has 0 spiro atoms. The van der Waals surface area contributed by atoms with Crippen molar-refractivity contribution in [3.8, 4) is 11.5 Å². The smallest absolute Gasteiger partial charge is 0.262 e. The average Bonchev–Trinajstić information content (AvgIpc) is 3.00. The van der Waals surface area contributed by atoms with Crippen LogP contribution in [-0.2, 0) is 0 Å². The maximum atomic E-state index is 13.2. The number of rotatable bonds is 5. The zero-order valence-electron chi connectivity index (χ0n) is 16.0. The first-order valence-electron chi connectivity index (χ1n) is 8.96. The van der Waals surface area contributed by atoms with Crippen LogP contribution in [0.1, 0.15) is 27.8 Å². The second kappa shape index (κ2) is 7.23. The lowest BCUT2D eigenvalue weighted by Crippen LogP contribution is -2.32. The SMILES string of the molecule is COc1cccc(N2C(=O)c3cccnc3[C@@H]2Nc2cc(C)ccc2OC)c1. The topological polar surface area (TPSA) is 63.7 Å². The van der Waals surface area contributed by atoms with Gasteiger partial charge < -0.3 is 14.8 Å². The summed E-state index contributed by atoms with van der Waals surface area (Å²) in [6.07, 6.45) is 1.23. The molecule has 6 heteroatoms. The minimum absolute atomic E-state index is 0.111. The first-order chi connectivity index (χ1) is 13.6. The Labute approximate surface area is 163 Å². The van der Waals surface area contributed by atoms with Crippen molar-refractivity contribution in [2.24, 2.45) is 0 Å². The molecule has 1 aromatic heterocycles. The first kappa shape index (κ1) is 17.9. The van der Waals surface area contributed by atoms with Gasteiger partial charge >= 0.3 is 0 Å². The second-order valence-electron chi connectivity index (χ2n) is 6.56. The highest BCUT2D eigenvalue weighted by molar-refractivity contribution is 6.11. The molecule has 1 amide bonds. The van der Waals surface area contributed by atoms with Gasteiger partial charge in [0.15, 0.2) is 6.17 Å². The van der Waals surface area contributed by atoms with Gasteiger partial charge in [-0.05, 0) is 48.9 Å². The summed E-state index contributed by atoms with van der Waals surface area (Å²) in [4.78, 5) is 19.4. The Hall–Kier alpha value is -3.54. The number of amides is 1. The summed E-state index contributed by atoms with van der Waals surface area (Å²) in [6.45, 7) is 2.01. The predicted molar refractivity (Wildman–Crippen MR) is 108 cm³/mol. The number of nitrogens with one attached hydrogen (secondary N) is 1. The first-order valence-corrected chi connectivity index (χ1v) is 8.96. The number of carbonyl (C=O) groups excluding carboxylic acids is 1. The van der Waals surface area contributed by atoms with E-state index < -0.39 is 6.17 Å². The molecule has 0 saturated carbocycles. The number of hydrogen-bond acceptors (Lipinski definition) is 5. The summed E-state index contributed by atoms with van der Waals surface area (Å²) in [5.41, 5.74) is 3.87. The third-order valence-electron chi connectivity index (χ3n) is 4.78. The summed E-state index contributed by atoms with van der Waals surface area (Å²) in [6, 6.07) is 16.9. The number of aromatic nitrogens is 1. The van der Waals surface area contributed by atoms with Crippen molar-refractivity contribution in [2.75, 3.05) is 24.4 Å². The number of carbonyl (C=O) groups is 1. The van der Waals surface area contributed by atoms with Gasteiger partial charge in [-0.25, -0.2) is 0 Å². The summed E-state index contributed by atoms with van der Waals surface area (Å²) in [5, 5.41) is 3.45. The molecular weight excluding hydrogens is 354 g/mol. The summed E-state index contributed by atoms with van der Waals surface area (Å²) in [5.74, 6) is 1.27. The van der Waals surface area contributed by atoms with Gasteiger partial charge in [0, 0.05) is 12.3 Å². The van der Waals surface area contributed by atoms with Crippen molar-refractivity contribution in [1.82, 2.24) is 4.98 Å². The van der Waals surface area contributed by atoms with Gasteiger partial charge in [-0.1, -0.05) is 12.1 Å². The zero-order valence-corrected chi connectivity index (χ0v) is 16.0. The molecule has 0 fully saturated rings. The Morgan fingerprint density at radius 2 is 1.89 bits per heavy atom. The highest BCUT2D eigenvalue weighted by Crippen LogP contribution is 2.39. The van der Waals surface area contributed by atoms with Crippen LogP contribution >= 0.6 is 0 Å². The zero-order chi connectivity index (χ0) is 19.7. The van der Waals surface area contributed by atoms with Crippen molar-refractivity contribution in [3.05, 3.63) is 77.6 Å². The van der Waals surface area contributed by atoms with E-state index in [9.17, 15) is 4.79 Å². The van der Waals surface area contributed by atoms with E-state index in [4.69, 9.17) is 9.47 Å². The molecule has 2 heterocycles. The van der Waals surface area contributed by atoms with Gasteiger partial charge in [0.2, 0.25) is 0 Å². The van der Waals surface area contributed by atoms with Crippen LogP contribution < -0.4 is 19.7 Å². The van der Waals surface area contributed by atoms with Gasteiger partial charge in [-0.2, -0.15) is 0 Å². The Morgan fingerprint density at radius 3 is 2.68 bits per heavy atom. The van der Waals surface area contributed by atoms with Crippen molar-refractivity contribution in [2.45, 2.75) is 13.1 Å². The van der Waals surface area contributed by atoms with Crippen LogP contribution in [0.5, 0.6) is 11.5 Å². The number of benzene rings is 2. The van der Waals surface area contributed by atoms with Crippen molar-refractivity contribution in [1.29, 1.82) is 0 Å². The molecule has 3 aromatic rings. The second-order valence-corrected chi connectivity index (χ2v) is 6.56. The van der Waals surface area contributed by atoms with Crippen LogP contribution in [0.2, 0.25) is 0 Å². The lowest BCUT2D eigenvalue weighted by Gasteiger charge is -2.27. The average molecular weight is 375 g/mol. The maximum Gasteiger partial charge on any atom is 0.262 e. The molecule has 0 unspecified atom stereocenters. The predicted octanol–water partition coefficient (Wildman–Crippen LogP) is 4.18. The van der Waals surface area contributed by atoms with Crippen molar-refractivity contribution < 1.29 is 14.3 Å². The molecule has 1 atom stereocenters. The van der Waals surface area contributed by atoms with E-state index in [1.807, 2.05) is 49.4 Å². The van der Waals surface area contributed by atoms with Crippen LogP contribution in [0, 0.1) is 6.92 Å². The fourth-order valence-electron chi connectivity index (χ4n) is 3.43. The Balaban J connectivity index is 1.81. The lowest BCUT2D eigenvalue weighted by atomic mass is 10.1. The fourth-order valence-corrected chi connectivity index (χ4v) is 3.43. The van der Waals surface area contributed by atoms with E-state index in [0.29, 0.717) is 22.8 Å². The number of nitrogens with zero attached hydrogens (tertiary/aromatic N) is 2. The molecule has 0 bridgehead atoms. The molecule has 1 aliphatic rings. The molecule has 1 N–H and O–H groups in total. The van der Waals surface area contributed by atoms with E-state index in [2.05, 4.69) is 10.3 Å². The normalized spacial score (nSPS) is 15.3. The maximum absolute atomic E-state index is 13.2. The van der Waals surface area contributed by atoms with Crippen molar-refractivity contribution >= 4 is 17.3 Å². The molecule has 4 rings (SSSR count). The standard InChI is InChI=1S/C22H21N3O3/c1-14-9-10-19(28-3)18(12-14)24-21-20-17(8-5-11-23-20)22(26)25(21)15-6-4-7-16(13-15)27-2/h4-13,21,24H,1-3H3/t21-/m1/s1. The number of fused-ring (bicyclic) bond motifs is 1. The molecule has 142 valence electrons. The van der Waals surface area contributed by atoms with Crippen molar-refractivity contribution in [3.63, 3.8) is 0 Å². The molecule has 0 aliphatic carbocycles. The van der Waals surface area contributed by atoms with E-state index in [0.717, 1.165) is 16.9 Å². The third-order valence-corrected chi connectivity index (χ3v) is 4.78. The number of methoxy groups -OCH3 is 2. The number of aryl methyl sites for hydroxylation is 1. The number of hydrogen-bond donors (Lipinski definition) is 1. The van der Waals surface area contributed by atoms with E-state index in [1.165, 1.54) is 0 Å². The highest BCUT2D eigenvalue weighted by atomic mass is 16.5. The van der Waals surface area contributed by atoms with Gasteiger partial charge in [0.05, 0.1) is 36.9 Å². The van der Waals surface area contributed by atoms with Gasteiger partial charge in [-0.15, -0.1) is 0 Å². The van der Waals surface area contributed by atoms with Gasteiger partial charge in [0.1, 0.15) is 11.5 Å². The molecule has 28 heavy (non-hydrogen) atoms. The summed E-state index contributed by atoms with van der Waals surface area (Å²) < 4.78 is 10.8. The van der Waals surface area contributed by atoms with Crippen LogP contribution in [0.25, 0.3) is 0 Å². The number of anilines is 2. The highest BCUT2D eigenvalue weighted by Gasteiger charge is 2.39. The van der Waals surface area contributed by atoms with Gasteiger partial charge in [0.25, 0.3) is 5.91 Å². The van der Waals surface area contributed by atoms with E-state index in [-0.39, 0.29) is 5.91 Å². The Bertz CT molecular complexity index is 1040. The minimum Gasteiger partial charge on any atom is -0.497 e. The molecule has 0 saturated heterocycles. The quantitative estimate of drug-likeness (QED) is 0.725. The summed E-state index contributed by atoms with van der Waals surface area (Å²) in [7, 11) is 3.23. The van der Waals surface area contributed by atoms with Crippen LogP contribution in [0.4, 0.5) is 11.4 Å². The third kappa shape index (κ3) is 3.03. The molecule has 6 nitrogen and oxygen atoms in total. The molecular formula is C22H21N3O3. The fraction of sp³-hybridized carbons (Fsp3) is 0.182. The van der Waals surface area contributed by atoms with Crippen LogP contribution in [0.3, 0.4) is 0 Å². The van der Waals surface area contributed by atoms with E-state index in [1.54, 1.807) is 37.4 Å². The minimum atomic E-state index is -0.466. The molecule has 0 radical (unpaired) electrons. The lowest BCUT2D eigenvalue weighted by molar-refractivity contribution is 0.0993. The van der Waals surface area contributed by atoms with Crippen LogP contribution in [0.15, 0.2) is 60.8 Å². The largest absolute Gasteiger partial charge is 0.497 e. The summed E-state index contributed by atoms with van der Waals surface area (Å²) >= 11 is 0. The number of ether oxygens (including phenoxy) is 2.